The van der Waals surface area contributed by atoms with Crippen LogP contribution in [0.3, 0.4) is 0 Å². The minimum absolute atomic E-state index is 0. The zero-order valence-electron chi connectivity index (χ0n) is 13.6. The van der Waals surface area contributed by atoms with Crippen LogP contribution < -0.4 is 11.1 Å². The fourth-order valence-electron chi connectivity index (χ4n) is 2.40. The largest absolute Gasteiger partial charge is 0.346 e. The highest BCUT2D eigenvalue weighted by atomic mass is 35.5. The highest BCUT2D eigenvalue weighted by Crippen LogP contribution is 2.17. The number of hydrogen-bond acceptors (Lipinski definition) is 4. The number of aromatic nitrogens is 2. The minimum atomic E-state index is -0.395. The number of nitrogens with zero attached hydrogens (tertiary/aromatic N) is 2. The van der Waals surface area contributed by atoms with Crippen LogP contribution in [0, 0.1) is 12.8 Å². The van der Waals surface area contributed by atoms with Crippen LogP contribution in [0.5, 0.6) is 0 Å². The van der Waals surface area contributed by atoms with Crippen molar-refractivity contribution < 1.29 is 4.79 Å². The van der Waals surface area contributed by atoms with E-state index < -0.39 is 5.54 Å². The Morgan fingerprint density at radius 3 is 2.52 bits per heavy atom. The molecule has 1 heterocycles. The number of amides is 1. The summed E-state index contributed by atoms with van der Waals surface area (Å²) in [6.07, 6.45) is 1.52. The van der Waals surface area contributed by atoms with E-state index in [1.165, 1.54) is 0 Å². The molecule has 0 bridgehead atoms. The minimum Gasteiger partial charge on any atom is -0.346 e. The molecule has 0 aliphatic heterocycles. The number of nitrogens with one attached hydrogen (secondary N) is 1. The first-order valence-corrected chi connectivity index (χ1v) is 7.17. The topological polar surface area (TPSA) is 80.9 Å². The number of nitrogens with two attached hydrogens (primary N) is 1. The van der Waals surface area contributed by atoms with Gasteiger partial charge in [-0.2, -0.15) is 10.2 Å². The number of aryl methyl sites for hydroxylation is 2. The van der Waals surface area contributed by atoms with Crippen molar-refractivity contribution in [2.24, 2.45) is 11.7 Å². The van der Waals surface area contributed by atoms with E-state index >= 15 is 0 Å². The van der Waals surface area contributed by atoms with Crippen LogP contribution >= 0.6 is 12.4 Å². The molecular formula is C15H27ClN4O. The SMILES string of the molecule is CCc1nnc(C)cc1C(=O)NC(C)(CN)CC(C)C.Cl. The molecule has 0 radical (unpaired) electrons. The first-order valence-electron chi connectivity index (χ1n) is 7.17. The molecule has 1 unspecified atom stereocenters. The number of carbonyl (C=O) groups is 1. The van der Waals surface area contributed by atoms with Crippen molar-refractivity contribution in [3.63, 3.8) is 0 Å². The van der Waals surface area contributed by atoms with Crippen molar-refractivity contribution in [3.8, 4) is 0 Å². The molecule has 1 atom stereocenters. The third kappa shape index (κ3) is 5.59. The van der Waals surface area contributed by atoms with Crippen molar-refractivity contribution in [1.82, 2.24) is 15.5 Å². The van der Waals surface area contributed by atoms with E-state index in [1.54, 1.807) is 6.07 Å². The Hall–Kier alpha value is -1.20. The zero-order chi connectivity index (χ0) is 15.3. The molecule has 0 aromatic carbocycles. The lowest BCUT2D eigenvalue weighted by atomic mass is 9.90. The smallest absolute Gasteiger partial charge is 0.253 e. The molecule has 0 saturated heterocycles. The molecule has 21 heavy (non-hydrogen) atoms. The van der Waals surface area contributed by atoms with Crippen molar-refractivity contribution in [3.05, 3.63) is 23.0 Å². The summed E-state index contributed by atoms with van der Waals surface area (Å²) in [5, 5.41) is 11.2. The fourth-order valence-corrected chi connectivity index (χ4v) is 2.40. The van der Waals surface area contributed by atoms with Crippen molar-refractivity contribution in [1.29, 1.82) is 0 Å². The average Bonchev–Trinajstić information content (AvgIpc) is 2.37. The van der Waals surface area contributed by atoms with Gasteiger partial charge >= 0.3 is 0 Å². The van der Waals surface area contributed by atoms with Gasteiger partial charge in [-0.1, -0.05) is 20.8 Å². The quantitative estimate of drug-likeness (QED) is 0.844. The third-order valence-electron chi connectivity index (χ3n) is 3.30. The Morgan fingerprint density at radius 1 is 1.43 bits per heavy atom. The first kappa shape index (κ1) is 19.8. The molecule has 5 nitrogen and oxygen atoms in total. The summed E-state index contributed by atoms with van der Waals surface area (Å²) < 4.78 is 0. The van der Waals surface area contributed by atoms with Crippen molar-refractivity contribution >= 4 is 18.3 Å². The molecule has 1 aromatic heterocycles. The second-order valence-corrected chi connectivity index (χ2v) is 6.02. The summed E-state index contributed by atoms with van der Waals surface area (Å²) in [5.74, 6) is 0.347. The Balaban J connectivity index is 0.00000400. The van der Waals surface area contributed by atoms with Gasteiger partial charge in [-0.3, -0.25) is 4.79 Å². The lowest BCUT2D eigenvalue weighted by Crippen LogP contribution is -2.52. The normalized spacial score (nSPS) is 13.5. The molecule has 0 fully saturated rings. The Labute approximate surface area is 133 Å². The summed E-state index contributed by atoms with van der Waals surface area (Å²) in [7, 11) is 0. The predicted octanol–water partition coefficient (Wildman–Crippen LogP) is 2.26. The third-order valence-corrected chi connectivity index (χ3v) is 3.30. The van der Waals surface area contributed by atoms with Gasteiger partial charge in [0.05, 0.1) is 17.0 Å². The zero-order valence-corrected chi connectivity index (χ0v) is 14.4. The summed E-state index contributed by atoms with van der Waals surface area (Å²) in [6.45, 7) is 10.4. The van der Waals surface area contributed by atoms with E-state index in [9.17, 15) is 4.79 Å². The van der Waals surface area contributed by atoms with Gasteiger partial charge in [-0.25, -0.2) is 0 Å². The molecule has 1 aromatic rings. The van der Waals surface area contributed by atoms with E-state index in [4.69, 9.17) is 5.73 Å². The van der Waals surface area contributed by atoms with Gasteiger partial charge in [-0.15, -0.1) is 12.4 Å². The first-order chi connectivity index (χ1) is 9.31. The summed E-state index contributed by atoms with van der Waals surface area (Å²) >= 11 is 0. The van der Waals surface area contributed by atoms with E-state index in [1.807, 2.05) is 20.8 Å². The van der Waals surface area contributed by atoms with Gasteiger partial charge in [0, 0.05) is 12.1 Å². The van der Waals surface area contributed by atoms with Crippen LogP contribution in [-0.4, -0.2) is 28.2 Å². The van der Waals surface area contributed by atoms with Crippen LogP contribution in [0.25, 0.3) is 0 Å². The molecule has 0 saturated carbocycles. The van der Waals surface area contributed by atoms with Gasteiger partial charge in [0.25, 0.3) is 5.91 Å². The van der Waals surface area contributed by atoms with Gasteiger partial charge in [0.15, 0.2) is 0 Å². The summed E-state index contributed by atoms with van der Waals surface area (Å²) in [6, 6.07) is 1.79. The summed E-state index contributed by atoms with van der Waals surface area (Å²) in [4.78, 5) is 12.5. The van der Waals surface area contributed by atoms with Gasteiger partial charge < -0.3 is 11.1 Å². The molecule has 0 aliphatic carbocycles. The maximum absolute atomic E-state index is 12.5. The van der Waals surface area contributed by atoms with E-state index in [0.717, 1.165) is 17.8 Å². The van der Waals surface area contributed by atoms with Crippen LogP contribution in [0.15, 0.2) is 6.07 Å². The van der Waals surface area contributed by atoms with E-state index in [0.29, 0.717) is 24.4 Å². The standard InChI is InChI=1S/C15H26N4O.ClH/c1-6-13-12(7-11(4)18-19-13)14(20)17-15(5,9-16)8-10(2)3;/h7,10H,6,8-9,16H2,1-5H3,(H,17,20);1H. The summed E-state index contributed by atoms with van der Waals surface area (Å²) in [5.41, 5.74) is 7.51. The molecule has 120 valence electrons. The molecular weight excluding hydrogens is 288 g/mol. The average molecular weight is 315 g/mol. The highest BCUT2D eigenvalue weighted by molar-refractivity contribution is 5.95. The second kappa shape index (κ2) is 8.29. The van der Waals surface area contributed by atoms with Crippen molar-refractivity contribution in [2.75, 3.05) is 6.54 Å². The van der Waals surface area contributed by atoms with Crippen LogP contribution in [-0.2, 0) is 6.42 Å². The lowest BCUT2D eigenvalue weighted by Gasteiger charge is -2.31. The molecule has 1 rings (SSSR count). The second-order valence-electron chi connectivity index (χ2n) is 6.02. The maximum Gasteiger partial charge on any atom is 0.253 e. The van der Waals surface area contributed by atoms with Crippen LogP contribution in [0.4, 0.5) is 0 Å². The lowest BCUT2D eigenvalue weighted by molar-refractivity contribution is 0.0896. The molecule has 0 spiro atoms. The molecule has 1 amide bonds. The van der Waals surface area contributed by atoms with Gasteiger partial charge in [-0.05, 0) is 38.7 Å². The molecule has 3 N–H and O–H groups in total. The maximum atomic E-state index is 12.5. The number of rotatable bonds is 6. The molecule has 6 heteroatoms. The number of carbonyl (C=O) groups excluding carboxylic acids is 1. The number of halogens is 1. The predicted molar refractivity (Wildman–Crippen MR) is 87.8 cm³/mol. The van der Waals surface area contributed by atoms with Gasteiger partial charge in [0.2, 0.25) is 0 Å². The van der Waals surface area contributed by atoms with Crippen LogP contribution in [0.2, 0.25) is 0 Å². The fraction of sp³-hybridized carbons (Fsp3) is 0.667. The van der Waals surface area contributed by atoms with E-state index in [-0.39, 0.29) is 18.3 Å². The van der Waals surface area contributed by atoms with Crippen molar-refractivity contribution in [2.45, 2.75) is 53.0 Å². The highest BCUT2D eigenvalue weighted by Gasteiger charge is 2.27. The van der Waals surface area contributed by atoms with E-state index in [2.05, 4.69) is 29.4 Å². The van der Waals surface area contributed by atoms with Gasteiger partial charge in [0.1, 0.15) is 0 Å². The number of hydrogen-bond donors (Lipinski definition) is 2. The molecule has 0 aliphatic rings. The Morgan fingerprint density at radius 2 is 2.05 bits per heavy atom. The Kier molecular flexibility index (Phi) is 7.82. The Bertz CT molecular complexity index is 479. The monoisotopic (exact) mass is 314 g/mol. The van der Waals surface area contributed by atoms with Crippen LogP contribution in [0.1, 0.15) is 55.9 Å².